The van der Waals surface area contributed by atoms with Crippen molar-refractivity contribution >= 4 is 12.0 Å². The van der Waals surface area contributed by atoms with Crippen molar-refractivity contribution < 1.29 is 19.4 Å². The SMILES string of the molecule is C[C@@H](Oc1ccc(-c2ccc3c(c2)CN[C@H](C(=O)N2CCC[C@H]2C#N)C3)cn1)C1CCN(C(=O)O)CC1. The summed E-state index contributed by atoms with van der Waals surface area (Å²) in [4.78, 5) is 31.8. The first-order valence-corrected chi connectivity index (χ1v) is 13.1. The molecule has 0 radical (unpaired) electrons. The molecule has 5 rings (SSSR count). The largest absolute Gasteiger partial charge is 0.474 e. The molecule has 2 saturated heterocycles. The maximum atomic E-state index is 13.0. The number of amides is 2. The molecule has 2 amide bonds. The zero-order chi connectivity index (χ0) is 25.9. The van der Waals surface area contributed by atoms with Crippen LogP contribution in [0.2, 0.25) is 0 Å². The smallest absolute Gasteiger partial charge is 0.407 e. The number of pyridine rings is 1. The van der Waals surface area contributed by atoms with E-state index < -0.39 is 6.09 Å². The van der Waals surface area contributed by atoms with Gasteiger partial charge in [0.1, 0.15) is 12.1 Å². The van der Waals surface area contributed by atoms with Gasteiger partial charge in [-0.15, -0.1) is 0 Å². The van der Waals surface area contributed by atoms with E-state index in [2.05, 4.69) is 34.6 Å². The van der Waals surface area contributed by atoms with E-state index in [-0.39, 0.29) is 24.1 Å². The molecule has 9 nitrogen and oxygen atoms in total. The van der Waals surface area contributed by atoms with E-state index in [0.717, 1.165) is 42.4 Å². The van der Waals surface area contributed by atoms with Crippen LogP contribution in [0.5, 0.6) is 5.88 Å². The van der Waals surface area contributed by atoms with E-state index in [9.17, 15) is 14.9 Å². The second kappa shape index (κ2) is 10.8. The van der Waals surface area contributed by atoms with Gasteiger partial charge in [-0.25, -0.2) is 9.78 Å². The predicted octanol–water partition coefficient (Wildman–Crippen LogP) is 3.43. The maximum absolute atomic E-state index is 13.0. The highest BCUT2D eigenvalue weighted by Gasteiger charge is 2.34. The molecular weight excluding hydrogens is 470 g/mol. The molecule has 37 heavy (non-hydrogen) atoms. The van der Waals surface area contributed by atoms with Crippen LogP contribution in [0, 0.1) is 17.2 Å². The van der Waals surface area contributed by atoms with Crippen LogP contribution in [0.15, 0.2) is 36.5 Å². The number of piperidine rings is 1. The molecule has 3 aliphatic heterocycles. The molecule has 2 fully saturated rings. The van der Waals surface area contributed by atoms with E-state index >= 15 is 0 Å². The van der Waals surface area contributed by atoms with Crippen LogP contribution in [0.3, 0.4) is 0 Å². The second-order valence-corrected chi connectivity index (χ2v) is 10.3. The van der Waals surface area contributed by atoms with Crippen LogP contribution in [-0.2, 0) is 17.8 Å². The highest BCUT2D eigenvalue weighted by molar-refractivity contribution is 5.83. The summed E-state index contributed by atoms with van der Waals surface area (Å²) >= 11 is 0. The van der Waals surface area contributed by atoms with Gasteiger partial charge in [0.05, 0.1) is 12.1 Å². The van der Waals surface area contributed by atoms with Gasteiger partial charge in [-0.1, -0.05) is 12.1 Å². The number of nitrogens with one attached hydrogen (secondary N) is 1. The Labute approximate surface area is 217 Å². The zero-order valence-electron chi connectivity index (χ0n) is 21.1. The van der Waals surface area contributed by atoms with Crippen molar-refractivity contribution in [2.45, 2.75) is 63.8 Å². The average molecular weight is 504 g/mol. The lowest BCUT2D eigenvalue weighted by Gasteiger charge is -2.33. The molecular formula is C28H33N5O4. The molecule has 0 aliphatic carbocycles. The van der Waals surface area contributed by atoms with Crippen molar-refractivity contribution in [2.75, 3.05) is 19.6 Å². The molecule has 194 valence electrons. The number of likely N-dealkylation sites (tertiary alicyclic amines) is 2. The molecule has 2 N–H and O–H groups in total. The molecule has 2 aromatic rings. The Hall–Kier alpha value is -3.64. The summed E-state index contributed by atoms with van der Waals surface area (Å²) in [5, 5.41) is 21.8. The van der Waals surface area contributed by atoms with Gasteiger partial charge in [0.15, 0.2) is 0 Å². The lowest BCUT2D eigenvalue weighted by Crippen LogP contribution is -2.50. The van der Waals surface area contributed by atoms with Crippen LogP contribution in [0.1, 0.15) is 43.7 Å². The quantitative estimate of drug-likeness (QED) is 0.642. The number of nitriles is 1. The van der Waals surface area contributed by atoms with E-state index in [1.165, 1.54) is 10.5 Å². The Morgan fingerprint density at radius 2 is 1.92 bits per heavy atom. The number of hydrogen-bond donors (Lipinski definition) is 2. The van der Waals surface area contributed by atoms with Crippen molar-refractivity contribution in [1.29, 1.82) is 5.26 Å². The molecule has 0 unspecified atom stereocenters. The minimum Gasteiger partial charge on any atom is -0.474 e. The first-order valence-electron chi connectivity index (χ1n) is 13.1. The summed E-state index contributed by atoms with van der Waals surface area (Å²) in [6.45, 7) is 4.38. The van der Waals surface area contributed by atoms with Crippen molar-refractivity contribution in [3.05, 3.63) is 47.7 Å². The summed E-state index contributed by atoms with van der Waals surface area (Å²) in [7, 11) is 0. The minimum atomic E-state index is -0.855. The molecule has 9 heteroatoms. The summed E-state index contributed by atoms with van der Waals surface area (Å²) in [6.07, 6.45) is 4.77. The van der Waals surface area contributed by atoms with Crippen LogP contribution in [0.25, 0.3) is 11.1 Å². The van der Waals surface area contributed by atoms with Gasteiger partial charge < -0.3 is 25.0 Å². The van der Waals surface area contributed by atoms with E-state index in [1.54, 1.807) is 4.90 Å². The fourth-order valence-electron chi connectivity index (χ4n) is 5.70. The topological polar surface area (TPSA) is 119 Å². The molecule has 4 heterocycles. The number of hydrogen-bond acceptors (Lipinski definition) is 6. The maximum Gasteiger partial charge on any atom is 0.407 e. The fourth-order valence-corrected chi connectivity index (χ4v) is 5.70. The monoisotopic (exact) mass is 503 g/mol. The van der Waals surface area contributed by atoms with Gasteiger partial charge in [0.2, 0.25) is 11.8 Å². The van der Waals surface area contributed by atoms with Gasteiger partial charge in [0, 0.05) is 44.0 Å². The van der Waals surface area contributed by atoms with E-state index in [4.69, 9.17) is 9.84 Å². The molecule has 3 atom stereocenters. The molecule has 3 aliphatic rings. The number of rotatable bonds is 5. The standard InChI is InChI=1S/C28H33N5O4/c1-18(19-8-11-32(12-9-19)28(35)36)37-26-7-6-22(16-31-26)20-4-5-21-14-25(30-17-23(21)13-20)27(34)33-10-2-3-24(33)15-29/h4-7,13,16,18-19,24-25,30H,2-3,8-12,14,17H2,1H3,(H,35,36)/t18-,24+,25+/m1/s1. The van der Waals surface area contributed by atoms with E-state index in [1.807, 2.05) is 25.3 Å². The fraction of sp³-hybridized carbons (Fsp3) is 0.500. The first kappa shape index (κ1) is 25.0. The average Bonchev–Trinajstić information content (AvgIpc) is 3.41. The summed E-state index contributed by atoms with van der Waals surface area (Å²) in [5.41, 5.74) is 4.37. The normalized spacial score (nSPS) is 22.7. The Morgan fingerprint density at radius 1 is 1.14 bits per heavy atom. The van der Waals surface area contributed by atoms with Crippen molar-refractivity contribution in [2.24, 2.45) is 5.92 Å². The summed E-state index contributed by atoms with van der Waals surface area (Å²) < 4.78 is 6.08. The third kappa shape index (κ3) is 5.39. The first-order chi connectivity index (χ1) is 17.9. The highest BCUT2D eigenvalue weighted by Crippen LogP contribution is 2.29. The Balaban J connectivity index is 1.19. The third-order valence-corrected chi connectivity index (χ3v) is 8.00. The van der Waals surface area contributed by atoms with E-state index in [0.29, 0.717) is 44.4 Å². The van der Waals surface area contributed by atoms with Crippen molar-refractivity contribution in [3.8, 4) is 23.1 Å². The number of nitrogens with zero attached hydrogens (tertiary/aromatic N) is 4. The molecule has 1 aromatic heterocycles. The summed E-state index contributed by atoms with van der Waals surface area (Å²) in [6, 6.07) is 11.9. The van der Waals surface area contributed by atoms with Gasteiger partial charge in [-0.2, -0.15) is 5.26 Å². The van der Waals surface area contributed by atoms with Crippen LogP contribution >= 0.6 is 0 Å². The number of benzene rings is 1. The number of ether oxygens (including phenoxy) is 1. The van der Waals surface area contributed by atoms with Gasteiger partial charge in [-0.05, 0) is 73.8 Å². The Kier molecular flexibility index (Phi) is 7.28. The third-order valence-electron chi connectivity index (χ3n) is 8.00. The van der Waals surface area contributed by atoms with Crippen molar-refractivity contribution in [3.63, 3.8) is 0 Å². The highest BCUT2D eigenvalue weighted by atomic mass is 16.5. The molecule has 0 bridgehead atoms. The van der Waals surface area contributed by atoms with Crippen LogP contribution < -0.4 is 10.1 Å². The molecule has 0 saturated carbocycles. The van der Waals surface area contributed by atoms with Gasteiger partial charge in [0.25, 0.3) is 0 Å². The minimum absolute atomic E-state index is 0.0280. The lowest BCUT2D eigenvalue weighted by atomic mass is 9.92. The second-order valence-electron chi connectivity index (χ2n) is 10.3. The number of carboxylic acid groups (broad SMARTS) is 1. The Bertz CT molecular complexity index is 1190. The number of carbonyl (C=O) groups excluding carboxylic acids is 1. The Morgan fingerprint density at radius 3 is 2.62 bits per heavy atom. The number of fused-ring (bicyclic) bond motifs is 1. The molecule has 0 spiro atoms. The zero-order valence-corrected chi connectivity index (χ0v) is 21.1. The molecule has 1 aromatic carbocycles. The lowest BCUT2D eigenvalue weighted by molar-refractivity contribution is -0.133. The van der Waals surface area contributed by atoms with Crippen molar-refractivity contribution in [1.82, 2.24) is 20.1 Å². The van der Waals surface area contributed by atoms with Gasteiger partial charge in [-0.3, -0.25) is 4.79 Å². The summed E-state index contributed by atoms with van der Waals surface area (Å²) in [5.74, 6) is 0.896. The van der Waals surface area contributed by atoms with Crippen LogP contribution in [0.4, 0.5) is 4.79 Å². The van der Waals surface area contributed by atoms with Gasteiger partial charge >= 0.3 is 6.09 Å². The number of aromatic nitrogens is 1. The van der Waals surface area contributed by atoms with Crippen LogP contribution in [-0.4, -0.2) is 69.7 Å². The number of carbonyl (C=O) groups is 2. The predicted molar refractivity (Wildman–Crippen MR) is 137 cm³/mol.